The van der Waals surface area contributed by atoms with Crippen LogP contribution in [-0.2, 0) is 4.79 Å². The first kappa shape index (κ1) is 21.3. The van der Waals surface area contributed by atoms with Crippen LogP contribution in [0.5, 0.6) is 0 Å². The maximum absolute atomic E-state index is 12.4. The van der Waals surface area contributed by atoms with Crippen LogP contribution in [0.25, 0.3) is 22.5 Å². The minimum Gasteiger partial charge on any atom is -0.325 e. The van der Waals surface area contributed by atoms with E-state index >= 15 is 0 Å². The number of rotatable bonds is 6. The summed E-state index contributed by atoms with van der Waals surface area (Å²) >= 11 is 13.2. The lowest BCUT2D eigenvalue weighted by molar-refractivity contribution is -0.113. The first-order valence-electron chi connectivity index (χ1n) is 9.33. The zero-order chi connectivity index (χ0) is 21.6. The van der Waals surface area contributed by atoms with Crippen molar-refractivity contribution in [3.05, 3.63) is 88.9 Å². The van der Waals surface area contributed by atoms with E-state index in [1.165, 1.54) is 11.8 Å². The molecule has 1 heterocycles. The Morgan fingerprint density at radius 2 is 1.39 bits per heavy atom. The van der Waals surface area contributed by atoms with Gasteiger partial charge in [-0.15, -0.1) is 10.2 Å². The Hall–Kier alpha value is -2.93. The van der Waals surface area contributed by atoms with Crippen molar-refractivity contribution < 1.29 is 4.79 Å². The number of thioether (sulfide) groups is 1. The molecular formula is C23H16Cl2N4OS. The van der Waals surface area contributed by atoms with Gasteiger partial charge in [0.1, 0.15) is 11.4 Å². The Labute approximate surface area is 193 Å². The molecule has 4 aromatic rings. The molecule has 0 unspecified atom stereocenters. The molecule has 0 aliphatic rings. The third-order valence-electron chi connectivity index (χ3n) is 4.24. The second-order valence-electron chi connectivity index (χ2n) is 6.52. The highest BCUT2D eigenvalue weighted by molar-refractivity contribution is 7.99. The van der Waals surface area contributed by atoms with Gasteiger partial charge in [-0.05, 0) is 18.2 Å². The number of hydrogen-bond donors (Lipinski definition) is 1. The summed E-state index contributed by atoms with van der Waals surface area (Å²) in [7, 11) is 0. The van der Waals surface area contributed by atoms with E-state index in [2.05, 4.69) is 15.5 Å². The fraction of sp³-hybridized carbons (Fsp3) is 0.0435. The van der Waals surface area contributed by atoms with Crippen LogP contribution in [0.15, 0.2) is 84.0 Å². The lowest BCUT2D eigenvalue weighted by Crippen LogP contribution is -2.14. The first-order valence-corrected chi connectivity index (χ1v) is 11.1. The minimum atomic E-state index is -0.222. The van der Waals surface area contributed by atoms with Gasteiger partial charge in [-0.3, -0.25) is 4.79 Å². The van der Waals surface area contributed by atoms with Gasteiger partial charge in [0.2, 0.25) is 11.1 Å². The van der Waals surface area contributed by atoms with Crippen LogP contribution in [-0.4, -0.2) is 26.8 Å². The Morgan fingerprint density at radius 1 is 0.806 bits per heavy atom. The summed E-state index contributed by atoms with van der Waals surface area (Å²) in [5, 5.41) is 12.7. The second kappa shape index (κ2) is 9.92. The SMILES string of the molecule is O=C(CSc1nnc(-c2ccccc2)c(-c2ccccc2)n1)Nc1cc(Cl)cc(Cl)c1. The van der Waals surface area contributed by atoms with Gasteiger partial charge < -0.3 is 5.32 Å². The maximum Gasteiger partial charge on any atom is 0.234 e. The Bertz CT molecular complexity index is 1190. The number of anilines is 1. The van der Waals surface area contributed by atoms with Crippen molar-refractivity contribution in [1.82, 2.24) is 15.2 Å². The fourth-order valence-corrected chi connectivity index (χ4v) is 4.03. The summed E-state index contributed by atoms with van der Waals surface area (Å²) < 4.78 is 0. The Kier molecular flexibility index (Phi) is 6.82. The average Bonchev–Trinajstić information content (AvgIpc) is 2.78. The summed E-state index contributed by atoms with van der Waals surface area (Å²) in [6, 6.07) is 24.4. The van der Waals surface area contributed by atoms with Crippen LogP contribution in [0.3, 0.4) is 0 Å². The minimum absolute atomic E-state index is 0.116. The summed E-state index contributed by atoms with van der Waals surface area (Å²) in [6.45, 7) is 0. The van der Waals surface area contributed by atoms with E-state index in [1.54, 1.807) is 18.2 Å². The van der Waals surface area contributed by atoms with Gasteiger partial charge in [0.05, 0.1) is 5.75 Å². The van der Waals surface area contributed by atoms with Gasteiger partial charge in [0.15, 0.2) is 0 Å². The van der Waals surface area contributed by atoms with Crippen LogP contribution < -0.4 is 5.32 Å². The highest BCUT2D eigenvalue weighted by Crippen LogP contribution is 2.29. The van der Waals surface area contributed by atoms with E-state index in [0.717, 1.165) is 11.1 Å². The molecule has 0 fully saturated rings. The number of aromatic nitrogens is 3. The molecule has 1 amide bonds. The van der Waals surface area contributed by atoms with Gasteiger partial charge in [-0.2, -0.15) is 0 Å². The van der Waals surface area contributed by atoms with E-state index in [0.29, 0.717) is 32.3 Å². The molecule has 5 nitrogen and oxygen atoms in total. The fourth-order valence-electron chi connectivity index (χ4n) is 2.91. The largest absolute Gasteiger partial charge is 0.325 e. The quantitative estimate of drug-likeness (QED) is 0.340. The van der Waals surface area contributed by atoms with Gasteiger partial charge >= 0.3 is 0 Å². The summed E-state index contributed by atoms with van der Waals surface area (Å²) in [5.74, 6) is -0.106. The molecule has 0 saturated heterocycles. The van der Waals surface area contributed by atoms with Crippen LogP contribution in [0.2, 0.25) is 10.0 Å². The van der Waals surface area contributed by atoms with Crippen molar-refractivity contribution in [2.45, 2.75) is 5.16 Å². The van der Waals surface area contributed by atoms with E-state index in [9.17, 15) is 4.79 Å². The smallest absolute Gasteiger partial charge is 0.234 e. The number of amides is 1. The molecule has 0 aliphatic carbocycles. The van der Waals surface area contributed by atoms with Crippen LogP contribution in [0, 0.1) is 0 Å². The molecule has 0 bridgehead atoms. The number of halogens is 2. The van der Waals surface area contributed by atoms with Crippen LogP contribution in [0.1, 0.15) is 0 Å². The van der Waals surface area contributed by atoms with Gasteiger partial charge in [-0.1, -0.05) is 95.6 Å². The van der Waals surface area contributed by atoms with E-state index in [4.69, 9.17) is 28.2 Å². The van der Waals surface area contributed by atoms with Crippen molar-refractivity contribution in [1.29, 1.82) is 0 Å². The molecule has 154 valence electrons. The molecule has 1 aromatic heterocycles. The number of nitrogens with one attached hydrogen (secondary N) is 1. The highest BCUT2D eigenvalue weighted by atomic mass is 35.5. The molecule has 0 radical (unpaired) electrons. The molecular weight excluding hydrogens is 451 g/mol. The topological polar surface area (TPSA) is 67.8 Å². The third-order valence-corrected chi connectivity index (χ3v) is 5.51. The molecule has 0 atom stereocenters. The number of carbonyl (C=O) groups is 1. The molecule has 0 saturated carbocycles. The first-order chi connectivity index (χ1) is 15.1. The van der Waals surface area contributed by atoms with E-state index < -0.39 is 0 Å². The van der Waals surface area contributed by atoms with Crippen molar-refractivity contribution >= 4 is 46.6 Å². The number of benzene rings is 3. The zero-order valence-electron chi connectivity index (χ0n) is 16.1. The standard InChI is InChI=1S/C23H16Cl2N4OS/c24-17-11-18(25)13-19(12-17)26-20(30)14-31-23-27-21(15-7-3-1-4-8-15)22(28-29-23)16-9-5-2-6-10-16/h1-13H,14H2,(H,26,30). The monoisotopic (exact) mass is 466 g/mol. The predicted octanol–water partition coefficient (Wildman–Crippen LogP) is 6.24. The maximum atomic E-state index is 12.4. The molecule has 1 N–H and O–H groups in total. The Morgan fingerprint density at radius 3 is 2.00 bits per heavy atom. The second-order valence-corrected chi connectivity index (χ2v) is 8.33. The normalized spacial score (nSPS) is 10.6. The van der Waals surface area contributed by atoms with Crippen LogP contribution >= 0.6 is 35.0 Å². The van der Waals surface area contributed by atoms with Crippen molar-refractivity contribution in [3.63, 3.8) is 0 Å². The zero-order valence-corrected chi connectivity index (χ0v) is 18.5. The summed E-state index contributed by atoms with van der Waals surface area (Å²) in [4.78, 5) is 17.1. The third kappa shape index (κ3) is 5.61. The van der Waals surface area contributed by atoms with Gasteiger partial charge in [-0.25, -0.2) is 4.98 Å². The van der Waals surface area contributed by atoms with Gasteiger partial charge in [0, 0.05) is 26.9 Å². The van der Waals surface area contributed by atoms with Crippen molar-refractivity contribution in [2.75, 3.05) is 11.1 Å². The van der Waals surface area contributed by atoms with Crippen molar-refractivity contribution in [3.8, 4) is 22.5 Å². The molecule has 3 aromatic carbocycles. The van der Waals surface area contributed by atoms with Crippen LogP contribution in [0.4, 0.5) is 5.69 Å². The predicted molar refractivity (Wildman–Crippen MR) is 127 cm³/mol. The number of nitrogens with zero attached hydrogens (tertiary/aromatic N) is 3. The lowest BCUT2D eigenvalue weighted by atomic mass is 10.0. The Balaban J connectivity index is 1.54. The molecule has 0 aliphatic heterocycles. The number of hydrogen-bond acceptors (Lipinski definition) is 5. The summed E-state index contributed by atoms with van der Waals surface area (Å²) in [5.41, 5.74) is 3.79. The molecule has 8 heteroatoms. The highest BCUT2D eigenvalue weighted by Gasteiger charge is 2.15. The molecule has 4 rings (SSSR count). The summed E-state index contributed by atoms with van der Waals surface area (Å²) in [6.07, 6.45) is 0. The van der Waals surface area contributed by atoms with E-state index in [1.807, 2.05) is 60.7 Å². The number of carbonyl (C=O) groups excluding carboxylic acids is 1. The molecule has 31 heavy (non-hydrogen) atoms. The van der Waals surface area contributed by atoms with E-state index in [-0.39, 0.29) is 11.7 Å². The average molecular weight is 467 g/mol. The lowest BCUT2D eigenvalue weighted by Gasteiger charge is -2.10. The molecule has 0 spiro atoms. The van der Waals surface area contributed by atoms with Crippen molar-refractivity contribution in [2.24, 2.45) is 0 Å². The van der Waals surface area contributed by atoms with Gasteiger partial charge in [0.25, 0.3) is 0 Å².